The minimum absolute atomic E-state index is 0.0282. The van der Waals surface area contributed by atoms with Crippen LogP contribution in [0.5, 0.6) is 0 Å². The summed E-state index contributed by atoms with van der Waals surface area (Å²) in [6.07, 6.45) is -4.43. The van der Waals surface area contributed by atoms with Crippen LogP contribution in [-0.4, -0.2) is 121 Å². The zero-order valence-electron chi connectivity index (χ0n) is 32.5. The summed E-state index contributed by atoms with van der Waals surface area (Å²) in [7, 11) is 0. The lowest BCUT2D eigenvalue weighted by molar-refractivity contribution is -0.384. The molecule has 19 heteroatoms. The molecule has 1 saturated carbocycles. The summed E-state index contributed by atoms with van der Waals surface area (Å²) in [5.74, 6) is 0.199. The number of nitrogens with zero attached hydrogens (tertiary/aromatic N) is 1. The van der Waals surface area contributed by atoms with Gasteiger partial charge >= 0.3 is 12.2 Å². The predicted molar refractivity (Wildman–Crippen MR) is 200 cm³/mol. The third kappa shape index (κ3) is 14.4. The fourth-order valence-electron chi connectivity index (χ4n) is 6.49. The fraction of sp³-hybridized carbons (Fsp3) is 0.703. The van der Waals surface area contributed by atoms with Crippen LogP contribution in [0.25, 0.3) is 0 Å². The maximum atomic E-state index is 13.3. The van der Waals surface area contributed by atoms with Crippen LogP contribution in [-0.2, 0) is 39.8 Å². The smallest absolute Gasteiger partial charge is 0.407 e. The van der Waals surface area contributed by atoms with Crippen molar-refractivity contribution >= 4 is 23.8 Å². The molecule has 1 saturated heterocycles. The number of amides is 3. The van der Waals surface area contributed by atoms with E-state index in [-0.39, 0.29) is 37.6 Å². The van der Waals surface area contributed by atoms with E-state index >= 15 is 0 Å². The van der Waals surface area contributed by atoms with Crippen LogP contribution in [0.3, 0.4) is 0 Å². The summed E-state index contributed by atoms with van der Waals surface area (Å²) >= 11 is 0. The van der Waals surface area contributed by atoms with Crippen molar-refractivity contribution in [3.63, 3.8) is 0 Å². The topological polar surface area (TPSA) is 264 Å². The first-order valence-electron chi connectivity index (χ1n) is 19.1. The molecular formula is C37H58N6O13. The van der Waals surface area contributed by atoms with Crippen LogP contribution in [0.2, 0.25) is 0 Å². The van der Waals surface area contributed by atoms with Crippen molar-refractivity contribution in [3.05, 3.63) is 51.8 Å². The number of nitro groups is 1. The molecule has 2 heterocycles. The lowest BCUT2D eigenvalue weighted by Gasteiger charge is -2.47. The van der Waals surface area contributed by atoms with Gasteiger partial charge in [0.2, 0.25) is 5.91 Å². The van der Waals surface area contributed by atoms with E-state index in [9.17, 15) is 34.7 Å². The van der Waals surface area contributed by atoms with Crippen molar-refractivity contribution < 1.29 is 57.9 Å². The van der Waals surface area contributed by atoms with Gasteiger partial charge in [0, 0.05) is 31.5 Å². The summed E-state index contributed by atoms with van der Waals surface area (Å²) < 4.78 is 35.3. The molecule has 8 N–H and O–H groups in total. The van der Waals surface area contributed by atoms with Crippen LogP contribution in [0, 0.1) is 16.0 Å². The van der Waals surface area contributed by atoms with Gasteiger partial charge in [0.25, 0.3) is 5.69 Å². The SMILES string of the molecule is C[C@@H]1CO[C@H](O[C@@H]2[C@@H](O)[C@H](O[C@@H]3CCC=C(CNCCCN)O3)[C@@H](NC(=O)OCc3ccc([N+](=O)[O-])cc3)C[C@H]2NC(=O)CCNC(=O)OC(C)(C)C)[C@H](O)C1. The van der Waals surface area contributed by atoms with Crippen molar-refractivity contribution in [2.75, 3.05) is 32.8 Å². The van der Waals surface area contributed by atoms with Gasteiger partial charge in [0.05, 0.1) is 30.2 Å². The van der Waals surface area contributed by atoms with Crippen LogP contribution in [0.4, 0.5) is 15.3 Å². The van der Waals surface area contributed by atoms with Gasteiger partial charge in [-0.25, -0.2) is 9.59 Å². The number of nitrogens with two attached hydrogens (primary N) is 1. The predicted octanol–water partition coefficient (Wildman–Crippen LogP) is 1.83. The average Bonchev–Trinajstić information content (AvgIpc) is 3.13. The third-order valence-corrected chi connectivity index (χ3v) is 9.18. The summed E-state index contributed by atoms with van der Waals surface area (Å²) in [4.78, 5) is 49.2. The quantitative estimate of drug-likeness (QED) is 0.0674. The van der Waals surface area contributed by atoms with E-state index in [1.54, 1.807) is 20.8 Å². The van der Waals surface area contributed by atoms with E-state index in [0.29, 0.717) is 56.8 Å². The Hall–Kier alpha value is -4.11. The molecule has 3 aliphatic rings. The molecule has 3 amide bonds. The van der Waals surface area contributed by atoms with Gasteiger partial charge in [0.1, 0.15) is 42.4 Å². The molecule has 2 aliphatic heterocycles. The molecule has 0 bridgehead atoms. The molecule has 1 aromatic carbocycles. The molecule has 19 nitrogen and oxygen atoms in total. The van der Waals surface area contributed by atoms with Gasteiger partial charge in [-0.05, 0) is 89.2 Å². The standard InChI is InChI=1S/C37H58N6O13/c1-22-17-28(44)34(51-20-22)55-33-26(41-29(45)13-16-40-35(47)56-37(2,3)4)18-27(42-36(48)52-21-23-9-11-24(12-10-23)43(49)50)32(31(33)46)54-30-8-5-7-25(53-30)19-39-15-6-14-38/h7,9-12,22,26-28,30-34,39,44,46H,5-6,8,13-21,38H2,1-4H3,(H,40,47)(H,41,45)(H,42,48)/t22-,26+,27-,28+,30+,31-,32+,33-,34+/m0/s1. The second-order valence-corrected chi connectivity index (χ2v) is 15.3. The second kappa shape index (κ2) is 21.4. The number of ether oxygens (including phenoxy) is 6. The van der Waals surface area contributed by atoms with Gasteiger partial charge in [-0.1, -0.05) is 6.92 Å². The number of alkyl carbamates (subject to hydrolysis) is 2. The first kappa shape index (κ1) is 44.6. The van der Waals surface area contributed by atoms with E-state index in [4.69, 9.17) is 34.2 Å². The molecule has 4 rings (SSSR count). The van der Waals surface area contributed by atoms with E-state index in [1.165, 1.54) is 24.3 Å². The van der Waals surface area contributed by atoms with E-state index in [1.807, 2.05) is 13.0 Å². The first-order chi connectivity index (χ1) is 26.6. The molecule has 1 aliphatic carbocycles. The van der Waals surface area contributed by atoms with Crippen LogP contribution >= 0.6 is 0 Å². The first-order valence-corrected chi connectivity index (χ1v) is 19.1. The van der Waals surface area contributed by atoms with Crippen LogP contribution in [0.15, 0.2) is 36.1 Å². The third-order valence-electron chi connectivity index (χ3n) is 9.18. The van der Waals surface area contributed by atoms with Crippen LogP contribution < -0.4 is 27.0 Å². The molecule has 1 aromatic rings. The number of carbonyl (C=O) groups excluding carboxylic acids is 3. The monoisotopic (exact) mass is 794 g/mol. The van der Waals surface area contributed by atoms with Crippen molar-refractivity contribution in [3.8, 4) is 0 Å². The number of hydrogen-bond acceptors (Lipinski definition) is 15. The number of rotatable bonds is 17. The highest BCUT2D eigenvalue weighted by Gasteiger charge is 2.50. The highest BCUT2D eigenvalue weighted by molar-refractivity contribution is 5.77. The number of non-ortho nitro benzene ring substituents is 1. The summed E-state index contributed by atoms with van der Waals surface area (Å²) in [5, 5.41) is 45.4. The maximum Gasteiger partial charge on any atom is 0.407 e. The Labute approximate surface area is 326 Å². The molecule has 314 valence electrons. The Bertz CT molecular complexity index is 1480. The van der Waals surface area contributed by atoms with Gasteiger partial charge in [0.15, 0.2) is 12.6 Å². The number of nitro benzene ring substituents is 1. The molecule has 0 radical (unpaired) electrons. The summed E-state index contributed by atoms with van der Waals surface area (Å²) in [5.41, 5.74) is 5.25. The van der Waals surface area contributed by atoms with Crippen molar-refractivity contribution in [2.24, 2.45) is 11.7 Å². The normalized spacial score (nSPS) is 27.9. The van der Waals surface area contributed by atoms with E-state index in [2.05, 4.69) is 21.3 Å². The fourth-order valence-corrected chi connectivity index (χ4v) is 6.49. The molecular weight excluding hydrogens is 736 g/mol. The Morgan fingerprint density at radius 3 is 2.41 bits per heavy atom. The number of hydrogen-bond donors (Lipinski definition) is 7. The van der Waals surface area contributed by atoms with Crippen molar-refractivity contribution in [2.45, 2.75) is 128 Å². The molecule has 0 unspecified atom stereocenters. The zero-order chi connectivity index (χ0) is 40.8. The minimum Gasteiger partial charge on any atom is -0.468 e. The lowest BCUT2D eigenvalue weighted by atomic mass is 9.83. The zero-order valence-corrected chi connectivity index (χ0v) is 32.5. The molecule has 9 atom stereocenters. The highest BCUT2D eigenvalue weighted by Crippen LogP contribution is 2.32. The Balaban J connectivity index is 1.53. The highest BCUT2D eigenvalue weighted by atomic mass is 16.7. The maximum absolute atomic E-state index is 13.3. The number of aliphatic hydroxyl groups is 2. The van der Waals surface area contributed by atoms with E-state index in [0.717, 1.165) is 6.42 Å². The molecule has 56 heavy (non-hydrogen) atoms. The second-order valence-electron chi connectivity index (χ2n) is 15.3. The van der Waals surface area contributed by atoms with Gasteiger partial charge < -0.3 is 65.6 Å². The lowest BCUT2D eigenvalue weighted by Crippen LogP contribution is -2.67. The molecule has 0 aromatic heterocycles. The summed E-state index contributed by atoms with van der Waals surface area (Å²) in [6, 6.07) is 3.59. The Morgan fingerprint density at radius 1 is 1.02 bits per heavy atom. The van der Waals surface area contributed by atoms with Crippen LogP contribution in [0.1, 0.15) is 71.8 Å². The molecule has 0 spiro atoms. The van der Waals surface area contributed by atoms with Crippen molar-refractivity contribution in [1.29, 1.82) is 0 Å². The van der Waals surface area contributed by atoms with E-state index < -0.39 is 77.7 Å². The average molecular weight is 795 g/mol. The largest absolute Gasteiger partial charge is 0.468 e. The van der Waals surface area contributed by atoms with Gasteiger partial charge in [-0.3, -0.25) is 14.9 Å². The number of nitrogens with one attached hydrogen (secondary N) is 4. The Morgan fingerprint density at radius 2 is 1.73 bits per heavy atom. The number of benzene rings is 1. The number of allylic oxidation sites excluding steroid dienone is 1. The minimum atomic E-state index is -1.51. The Kier molecular flexibility index (Phi) is 17.1. The van der Waals surface area contributed by atoms with Gasteiger partial charge in [-0.15, -0.1) is 0 Å². The summed E-state index contributed by atoms with van der Waals surface area (Å²) in [6.45, 7) is 8.76. The number of carbonyl (C=O) groups is 3. The van der Waals surface area contributed by atoms with Crippen molar-refractivity contribution in [1.82, 2.24) is 21.3 Å². The molecule has 2 fully saturated rings. The number of aliphatic hydroxyl groups excluding tert-OH is 2. The van der Waals surface area contributed by atoms with Gasteiger partial charge in [-0.2, -0.15) is 0 Å².